The molecule has 0 saturated carbocycles. The van der Waals surface area contributed by atoms with Gasteiger partial charge in [0.15, 0.2) is 10.4 Å². The molecule has 0 aliphatic carbocycles. The van der Waals surface area contributed by atoms with Crippen molar-refractivity contribution in [2.24, 2.45) is 0 Å². The first-order valence-corrected chi connectivity index (χ1v) is 14.8. The number of nitrogens with zero attached hydrogens (tertiary/aromatic N) is 2. The minimum atomic E-state index is -1.13. The van der Waals surface area contributed by atoms with E-state index in [1.807, 2.05) is 41.0 Å². The van der Waals surface area contributed by atoms with Crippen LogP contribution in [0.15, 0.2) is 60.7 Å². The minimum Gasteiger partial charge on any atom is -0.361 e. The van der Waals surface area contributed by atoms with E-state index in [4.69, 9.17) is 33.5 Å². The fourth-order valence-corrected chi connectivity index (χ4v) is 4.63. The highest BCUT2D eigenvalue weighted by Crippen LogP contribution is 2.31. The van der Waals surface area contributed by atoms with Crippen molar-refractivity contribution in [3.8, 4) is 22.4 Å². The summed E-state index contributed by atoms with van der Waals surface area (Å²) in [5.74, 6) is 0. The molecule has 2 aromatic heterocycles. The molecule has 0 aliphatic rings. The molecule has 0 bridgehead atoms. The quantitative estimate of drug-likeness (QED) is 0.175. The Kier molecular flexibility index (Phi) is 6.43. The van der Waals surface area contributed by atoms with Gasteiger partial charge in [0.25, 0.3) is 0 Å². The van der Waals surface area contributed by atoms with Crippen LogP contribution in [0.5, 0.6) is 0 Å². The molecule has 0 fully saturated rings. The molecule has 0 atom stereocenters. The summed E-state index contributed by atoms with van der Waals surface area (Å²) in [4.78, 5) is 7.97. The first-order valence-electron chi connectivity index (χ1n) is 10.3. The summed E-state index contributed by atoms with van der Waals surface area (Å²) in [7, 11) is -1.13. The molecule has 2 heterocycles. The van der Waals surface area contributed by atoms with Crippen LogP contribution >= 0.6 is 23.8 Å². The molecule has 0 saturated heterocycles. The van der Waals surface area contributed by atoms with E-state index >= 15 is 0 Å². The van der Waals surface area contributed by atoms with E-state index in [2.05, 4.69) is 48.9 Å². The van der Waals surface area contributed by atoms with Crippen LogP contribution in [0.2, 0.25) is 30.7 Å². The number of nitrogens with one attached hydrogen (secondary N) is 1. The highest BCUT2D eigenvalue weighted by molar-refractivity contribution is 7.71. The number of pyridine rings is 1. The topological polar surface area (TPSA) is 42.8 Å². The second-order valence-corrected chi connectivity index (χ2v) is 15.3. The highest BCUT2D eigenvalue weighted by Gasteiger charge is 2.14. The van der Waals surface area contributed by atoms with Crippen LogP contribution < -0.4 is 0 Å². The van der Waals surface area contributed by atoms with Crippen LogP contribution in [0, 0.1) is 4.77 Å². The van der Waals surface area contributed by atoms with Gasteiger partial charge in [-0.3, -0.25) is 4.57 Å². The van der Waals surface area contributed by atoms with E-state index in [1.54, 1.807) is 0 Å². The maximum absolute atomic E-state index is 6.64. The molecular formula is C24H26ClN3OSSi. The molecule has 4 nitrogen and oxygen atoms in total. The van der Waals surface area contributed by atoms with Crippen molar-refractivity contribution in [3.63, 3.8) is 0 Å². The van der Waals surface area contributed by atoms with Crippen LogP contribution in [0.1, 0.15) is 0 Å². The lowest BCUT2D eigenvalue weighted by Gasteiger charge is -2.15. The summed E-state index contributed by atoms with van der Waals surface area (Å²) in [6.07, 6.45) is 0. The SMILES string of the molecule is C[Si](C)(C)CCOCn1c(=S)[nH]c2nc(-c3ccc(-c4ccccc4)cc3)c(Cl)cc21. The number of aromatic nitrogens is 3. The number of ether oxygens (including phenoxy) is 1. The van der Waals surface area contributed by atoms with Crippen molar-refractivity contribution in [1.29, 1.82) is 0 Å². The van der Waals surface area contributed by atoms with Crippen LogP contribution in [0.4, 0.5) is 0 Å². The van der Waals surface area contributed by atoms with Crippen molar-refractivity contribution in [2.45, 2.75) is 32.4 Å². The zero-order chi connectivity index (χ0) is 22.0. The molecule has 31 heavy (non-hydrogen) atoms. The number of halogens is 1. The molecule has 1 N–H and O–H groups in total. The van der Waals surface area contributed by atoms with Crippen LogP contribution in [0.3, 0.4) is 0 Å². The zero-order valence-electron chi connectivity index (χ0n) is 18.0. The Hall–Kier alpha value is -2.25. The minimum absolute atomic E-state index is 0.395. The summed E-state index contributed by atoms with van der Waals surface area (Å²) < 4.78 is 8.39. The largest absolute Gasteiger partial charge is 0.361 e. The Balaban J connectivity index is 1.59. The van der Waals surface area contributed by atoms with Crippen molar-refractivity contribution in [2.75, 3.05) is 6.61 Å². The Bertz CT molecular complexity index is 1240. The monoisotopic (exact) mass is 467 g/mol. The number of benzene rings is 2. The first-order chi connectivity index (χ1) is 14.8. The van der Waals surface area contributed by atoms with Gasteiger partial charge in [-0.15, -0.1) is 0 Å². The van der Waals surface area contributed by atoms with Gasteiger partial charge in [0.2, 0.25) is 0 Å². The van der Waals surface area contributed by atoms with Gasteiger partial charge in [-0.1, -0.05) is 85.8 Å². The van der Waals surface area contributed by atoms with Gasteiger partial charge in [0.05, 0.1) is 16.2 Å². The molecule has 0 amide bonds. The van der Waals surface area contributed by atoms with Gasteiger partial charge < -0.3 is 9.72 Å². The third-order valence-corrected chi connectivity index (χ3v) is 7.51. The molecule has 0 spiro atoms. The van der Waals surface area contributed by atoms with E-state index in [-0.39, 0.29) is 0 Å². The third-order valence-electron chi connectivity index (χ3n) is 5.20. The van der Waals surface area contributed by atoms with Crippen molar-refractivity contribution < 1.29 is 4.74 Å². The Morgan fingerprint density at radius 3 is 2.32 bits per heavy atom. The standard InChI is InChI=1S/C24H26ClN3OSSi/c1-31(2,3)14-13-29-16-28-21-15-20(25)22(26-23(21)27-24(28)30)19-11-9-18(10-12-19)17-7-5-4-6-8-17/h4-12,15H,13-14,16H2,1-3H3,(H,26,27,30). The third kappa shape index (κ3) is 5.15. The van der Waals surface area contributed by atoms with Gasteiger partial charge >= 0.3 is 0 Å². The molecule has 160 valence electrons. The Morgan fingerprint density at radius 2 is 1.65 bits per heavy atom. The maximum Gasteiger partial charge on any atom is 0.181 e. The fraction of sp³-hybridized carbons (Fsp3) is 0.250. The predicted octanol–water partition coefficient (Wildman–Crippen LogP) is 7.39. The maximum atomic E-state index is 6.64. The lowest BCUT2D eigenvalue weighted by Crippen LogP contribution is -2.22. The number of imidazole rings is 1. The van der Waals surface area contributed by atoms with Gasteiger partial charge in [-0.25, -0.2) is 4.98 Å². The first kappa shape index (κ1) is 22.0. The number of H-pyrrole nitrogens is 1. The number of hydrogen-bond donors (Lipinski definition) is 1. The summed E-state index contributed by atoms with van der Waals surface area (Å²) in [6, 6.07) is 21.6. The van der Waals surface area contributed by atoms with Gasteiger partial charge in [-0.05, 0) is 35.5 Å². The molecule has 0 aliphatic heterocycles. The van der Waals surface area contributed by atoms with E-state index in [9.17, 15) is 0 Å². The van der Waals surface area contributed by atoms with Crippen molar-refractivity contribution >= 4 is 43.1 Å². The average Bonchev–Trinajstić information content (AvgIpc) is 3.05. The summed E-state index contributed by atoms with van der Waals surface area (Å²) in [5.41, 5.74) is 5.60. The Labute approximate surface area is 193 Å². The fourth-order valence-electron chi connectivity index (χ4n) is 3.37. The number of hydrogen-bond acceptors (Lipinski definition) is 3. The lowest BCUT2D eigenvalue weighted by molar-refractivity contribution is 0.0890. The van der Waals surface area contributed by atoms with Crippen molar-refractivity contribution in [3.05, 3.63) is 70.5 Å². The normalized spacial score (nSPS) is 11.9. The van der Waals surface area contributed by atoms with Gasteiger partial charge in [-0.2, -0.15) is 0 Å². The summed E-state index contributed by atoms with van der Waals surface area (Å²) in [5, 5.41) is 0.588. The van der Waals surface area contributed by atoms with Crippen LogP contribution in [-0.4, -0.2) is 29.2 Å². The second-order valence-electron chi connectivity index (χ2n) is 8.84. The van der Waals surface area contributed by atoms with Gasteiger partial charge in [0.1, 0.15) is 6.73 Å². The molecule has 7 heteroatoms. The number of rotatable bonds is 7. The van der Waals surface area contributed by atoms with E-state index in [0.29, 0.717) is 22.2 Å². The van der Waals surface area contributed by atoms with Gasteiger partial charge in [0, 0.05) is 20.2 Å². The van der Waals surface area contributed by atoms with Crippen LogP contribution in [-0.2, 0) is 11.5 Å². The van der Waals surface area contributed by atoms with E-state index in [1.165, 1.54) is 5.56 Å². The molecule has 4 aromatic rings. The molecule has 2 aromatic carbocycles. The van der Waals surface area contributed by atoms with E-state index < -0.39 is 8.07 Å². The van der Waals surface area contributed by atoms with Crippen LogP contribution in [0.25, 0.3) is 33.5 Å². The molecule has 4 rings (SSSR count). The smallest absolute Gasteiger partial charge is 0.181 e. The summed E-state index contributed by atoms with van der Waals surface area (Å²) >= 11 is 12.1. The zero-order valence-corrected chi connectivity index (χ0v) is 20.6. The molecule has 0 unspecified atom stereocenters. The number of fused-ring (bicyclic) bond motifs is 1. The summed E-state index contributed by atoms with van der Waals surface area (Å²) in [6.45, 7) is 8.14. The molecule has 0 radical (unpaired) electrons. The van der Waals surface area contributed by atoms with Crippen molar-refractivity contribution in [1.82, 2.24) is 14.5 Å². The average molecular weight is 468 g/mol. The predicted molar refractivity (Wildman–Crippen MR) is 135 cm³/mol. The van der Waals surface area contributed by atoms with E-state index in [0.717, 1.165) is 35.0 Å². The molecular weight excluding hydrogens is 442 g/mol. The Morgan fingerprint density at radius 1 is 1.00 bits per heavy atom. The highest BCUT2D eigenvalue weighted by atomic mass is 35.5. The lowest BCUT2D eigenvalue weighted by atomic mass is 10.0. The second kappa shape index (κ2) is 9.08. The number of aromatic amines is 1.